The van der Waals surface area contributed by atoms with Crippen LogP contribution in [0.15, 0.2) is 104 Å². The van der Waals surface area contributed by atoms with Crippen LogP contribution >= 0.6 is 50.5 Å². The Balaban J connectivity index is 0.00000132. The number of rotatable bonds is 12. The molecule has 0 amide bonds. The van der Waals surface area contributed by atoms with Gasteiger partial charge in [-0.1, -0.05) is 36.4 Å². The Labute approximate surface area is 649 Å². The molecule has 0 bridgehead atoms. The largest absolute Gasteiger partial charge is 0.489 e. The van der Waals surface area contributed by atoms with Crippen molar-refractivity contribution in [2.75, 3.05) is 300 Å². The zero-order valence-corrected chi connectivity index (χ0v) is 65.4. The van der Waals surface area contributed by atoms with Gasteiger partial charge in [-0.2, -0.15) is 0 Å². The first-order valence-corrected chi connectivity index (χ1v) is 38.8. The van der Waals surface area contributed by atoms with Gasteiger partial charge >= 0.3 is 5.20 Å². The highest BCUT2D eigenvalue weighted by atomic mass is 36.0. The molecule has 4 aromatic carbocycles. The van der Waals surface area contributed by atoms with Crippen molar-refractivity contribution < 1.29 is 121 Å². The Bertz CT molecular complexity index is 2810. The van der Waals surface area contributed by atoms with Crippen LogP contribution in [0.1, 0.15) is 13.2 Å². The smallest absolute Gasteiger partial charge is 0.339 e. The summed E-state index contributed by atoms with van der Waals surface area (Å²) in [6.45, 7) is 24.4. The summed E-state index contributed by atoms with van der Waals surface area (Å²) < 4.78 is 134. The Kier molecular flexibility index (Phi) is 64.2. The first-order valence-electron chi connectivity index (χ1n) is 34.7. The van der Waals surface area contributed by atoms with E-state index >= 15 is 0 Å². The highest BCUT2D eigenvalue weighted by Crippen LogP contribution is 2.61. The molecule has 8 rings (SSSR count). The summed E-state index contributed by atoms with van der Waals surface area (Å²) in [7, 11) is 13.3. The van der Waals surface area contributed by atoms with Crippen LogP contribution in [0.4, 0.5) is 27.1 Å². The van der Waals surface area contributed by atoms with E-state index in [-0.39, 0.29) is 14.0 Å². The molecule has 0 aromatic heterocycles. The van der Waals surface area contributed by atoms with Crippen LogP contribution in [0.25, 0.3) is 0 Å². The Hall–Kier alpha value is -5.19. The van der Waals surface area contributed by atoms with Gasteiger partial charge < -0.3 is 115 Å². The number of methoxy groups -OCH3 is 4. The number of benzene rings is 4. The lowest BCUT2D eigenvalue weighted by atomic mass is 9.81. The highest BCUT2D eigenvalue weighted by molar-refractivity contribution is 8.24. The molecule has 106 heavy (non-hydrogen) atoms. The molecule has 600 valence electrons. The number of fused-ring (bicyclic) bond motifs is 4. The van der Waals surface area contributed by atoms with E-state index < -0.39 is 17.6 Å². The summed E-state index contributed by atoms with van der Waals surface area (Å²) in [4.78, 5) is 30.8. The van der Waals surface area contributed by atoms with Gasteiger partial charge in [-0.05, 0) is 106 Å². The SMILES string of the molecule is C=C(OC)ON1CCOCCOCCOCCOc2ccccc21.COCC(=O)Cl.COCCN1CCOCCOCCOCCOc2cc(C=O)ccc21.COCCN1CCOCCOCCOCCOc2ccccc21.O=P(Cl)(Cl)Cl.[2H]CF.[B][B].[HH].c1ccc2c(c1)NCCOCCOCCOCCO2. The summed E-state index contributed by atoms with van der Waals surface area (Å²) in [5.41, 5.74) is 4.30. The van der Waals surface area contributed by atoms with E-state index in [0.29, 0.717) is 235 Å². The summed E-state index contributed by atoms with van der Waals surface area (Å²) in [6, 6.07) is 29.0. The monoisotopic (exact) mass is 1600 g/mol. The van der Waals surface area contributed by atoms with E-state index in [1.807, 2.05) is 72.8 Å². The minimum atomic E-state index is -3.22. The van der Waals surface area contributed by atoms with Crippen molar-refractivity contribution in [3.63, 3.8) is 0 Å². The van der Waals surface area contributed by atoms with Crippen LogP contribution < -0.4 is 39.1 Å². The van der Waals surface area contributed by atoms with Gasteiger partial charge in [0.1, 0.15) is 68.0 Å². The third kappa shape index (κ3) is 53.6. The number of nitrogens with zero attached hydrogens (tertiary/aromatic N) is 3. The lowest BCUT2D eigenvalue weighted by Gasteiger charge is -2.27. The molecule has 0 saturated heterocycles. The normalized spacial score (nSPS) is 16.8. The summed E-state index contributed by atoms with van der Waals surface area (Å²) in [5.74, 6) is 3.25. The van der Waals surface area contributed by atoms with Gasteiger partial charge in [0.05, 0.1) is 211 Å². The standard InChI is InChI=1S/C18H27NO6.C17H25NO6.C17H27NO5.C14H21NO4.C3H5ClO2.CH3F.B2.Cl3OP.H2/c1-21-6-4-19-5-7-22-8-9-23-10-11-24-12-13-25-18-14-16(15-20)2-3-17(18)19;1-15(19-2)24-18-7-8-20-9-10-21-11-12-22-13-14-23-17-6-4-3-5-16(17)18;1-19-8-6-18-7-9-20-10-11-21-12-13-22-14-15-23-17-5-3-2-4-16(17)18;1-2-4-14-13(3-1)15-5-6-16-7-8-17-9-10-18-11-12-19-14;1-6-2-3(4)5;2*1-2;1-5(2,3)4;/h2-3,14-15H,4-13H2,1H3;3-6H,1,7-14H2,2H3;2-5H,6-15H2,1H3;1-4,15H,5-12H2;2H2,1H3;1H3;;;1H/i;;;;;1D;;;. The summed E-state index contributed by atoms with van der Waals surface area (Å²) >= 11 is 18.7. The number of hydroxylamine groups is 1. The van der Waals surface area contributed by atoms with Crippen LogP contribution in [0.5, 0.6) is 23.0 Å². The Morgan fingerprint density at radius 1 is 0.519 bits per heavy atom. The number of hydrogen-bond acceptors (Lipinski definition) is 28. The molecular weight excluding hydrogens is 1490 g/mol. The quantitative estimate of drug-likeness (QED) is 0.0454. The van der Waals surface area contributed by atoms with Crippen molar-refractivity contribution in [1.29, 1.82) is 0 Å². The lowest BCUT2D eigenvalue weighted by Crippen LogP contribution is -2.31. The minimum absolute atomic E-state index is 0. The second kappa shape index (κ2) is 70.2. The third-order valence-electron chi connectivity index (χ3n) is 13.4. The van der Waals surface area contributed by atoms with Crippen molar-refractivity contribution in [2.24, 2.45) is 0 Å². The average molecular weight is 1610 g/mol. The average Bonchev–Trinajstić information content (AvgIpc) is 0.881. The molecule has 4 radical (unpaired) electrons. The van der Waals surface area contributed by atoms with Crippen LogP contribution in [0, 0.1) is 0 Å². The number of hydrogen-bond donors (Lipinski definition) is 1. The number of halogens is 5. The van der Waals surface area contributed by atoms with Gasteiger partial charge in [0.2, 0.25) is 5.24 Å². The highest BCUT2D eigenvalue weighted by Gasteiger charge is 2.18. The third-order valence-corrected chi connectivity index (χ3v) is 13.6. The molecule has 4 aromatic rings. The topological polar surface area (TPSA) is 267 Å². The number of carbonyl (C=O) groups excluding carboxylic acids is 2. The van der Waals surface area contributed by atoms with Gasteiger partial charge in [-0.25, -0.2) is 5.06 Å². The second-order valence-corrected chi connectivity index (χ2v) is 27.9. The number of ether oxygens (including phenoxy) is 20. The van der Waals surface area contributed by atoms with Gasteiger partial charge in [0, 0.05) is 76.5 Å². The molecule has 0 fully saturated rings. The number of carbonyl (C=O) groups is 2. The van der Waals surface area contributed by atoms with Gasteiger partial charge in [-0.15, -0.1) is 0 Å². The van der Waals surface area contributed by atoms with Gasteiger partial charge in [0.25, 0.3) is 5.95 Å². The van der Waals surface area contributed by atoms with E-state index in [9.17, 15) is 18.5 Å². The fourth-order valence-corrected chi connectivity index (χ4v) is 8.82. The molecule has 28 nitrogen and oxygen atoms in total. The number of nitrogens with one attached hydrogen (secondary N) is 1. The predicted octanol–water partition coefficient (Wildman–Crippen LogP) is 9.78. The van der Waals surface area contributed by atoms with E-state index in [0.717, 1.165) is 60.2 Å². The zero-order valence-electron chi connectivity index (χ0n) is 62.4. The molecule has 4 heterocycles. The Morgan fingerprint density at radius 3 is 1.25 bits per heavy atom. The number of aldehydes is 1. The maximum absolute atomic E-state index is 11.1. The molecule has 0 saturated carbocycles. The molecule has 0 unspecified atom stereocenters. The zero-order chi connectivity index (χ0) is 78.3. The molecule has 0 spiro atoms. The molecule has 4 aliphatic rings. The van der Waals surface area contributed by atoms with E-state index in [1.165, 1.54) is 14.2 Å². The van der Waals surface area contributed by atoms with Crippen molar-refractivity contribution in [1.82, 2.24) is 0 Å². The fourth-order valence-electron chi connectivity index (χ4n) is 8.71. The molecule has 0 aliphatic carbocycles. The van der Waals surface area contributed by atoms with Crippen molar-refractivity contribution in [3.8, 4) is 23.0 Å². The Morgan fingerprint density at radius 2 is 0.858 bits per heavy atom. The second-order valence-electron chi connectivity index (χ2n) is 20.9. The first kappa shape index (κ1) is 96.9. The summed E-state index contributed by atoms with van der Waals surface area (Å²) in [6.07, 6.45) is 0.815. The summed E-state index contributed by atoms with van der Waals surface area (Å²) in [5, 5.41) is 1.26. The van der Waals surface area contributed by atoms with Crippen molar-refractivity contribution in [2.45, 2.75) is 0 Å². The van der Waals surface area contributed by atoms with Crippen LogP contribution in [0.2, 0.25) is 0 Å². The molecular formula is C70H110B2Cl4FN4O24P. The lowest BCUT2D eigenvalue weighted by molar-refractivity contribution is -0.114. The first-order chi connectivity index (χ1) is 52.2. The molecule has 4 aliphatic heterocycles. The van der Waals surface area contributed by atoms with E-state index in [1.54, 1.807) is 31.4 Å². The van der Waals surface area contributed by atoms with Gasteiger partial charge in [0.15, 0.2) is 0 Å². The number of para-hydroxylation sites is 6. The molecule has 36 heteroatoms. The van der Waals surface area contributed by atoms with Crippen LogP contribution in [0.3, 0.4) is 0 Å². The maximum Gasteiger partial charge on any atom is 0.339 e. The van der Waals surface area contributed by atoms with Gasteiger partial charge in [-0.3, -0.25) is 18.5 Å². The molecule has 1 N–H and O–H groups in total. The predicted molar refractivity (Wildman–Crippen MR) is 413 cm³/mol. The van der Waals surface area contributed by atoms with E-state index in [2.05, 4.69) is 81.7 Å². The van der Waals surface area contributed by atoms with Crippen molar-refractivity contribution >= 4 is 100 Å². The minimum Gasteiger partial charge on any atom is -0.489 e. The number of anilines is 4. The maximum atomic E-state index is 11.1. The fraction of sp³-hybridized carbons (Fsp3) is 0.600. The van der Waals surface area contributed by atoms with E-state index in [4.69, 9.17) is 108 Å². The van der Waals surface area contributed by atoms with Crippen LogP contribution in [-0.2, 0) is 90.0 Å². The molecule has 0 atom stereocenters. The number of alkyl halides is 1. The van der Waals surface area contributed by atoms with Crippen molar-refractivity contribution in [3.05, 3.63) is 109 Å². The van der Waals surface area contributed by atoms with Crippen LogP contribution in [-0.4, -0.2) is 307 Å².